The van der Waals surface area contributed by atoms with E-state index in [2.05, 4.69) is 62.4 Å². The van der Waals surface area contributed by atoms with Crippen molar-refractivity contribution < 1.29 is 19.7 Å². The van der Waals surface area contributed by atoms with Crippen LogP contribution >= 0.6 is 0 Å². The minimum Gasteiger partial charge on any atom is -0.497 e. The van der Waals surface area contributed by atoms with Gasteiger partial charge in [-0.05, 0) is 76.9 Å². The maximum Gasteiger partial charge on any atom is 0.118 e. The average molecular weight is 447 g/mol. The lowest BCUT2D eigenvalue weighted by atomic mass is 9.87. The molecule has 0 saturated carbocycles. The largest absolute Gasteiger partial charge is 0.497 e. The van der Waals surface area contributed by atoms with Gasteiger partial charge in [-0.15, -0.1) is 0 Å². The molecule has 2 N–H and O–H groups in total. The Bertz CT molecular complexity index is 1060. The molecule has 4 rings (SSSR count). The smallest absolute Gasteiger partial charge is 0.118 e. The van der Waals surface area contributed by atoms with E-state index in [4.69, 9.17) is 9.47 Å². The summed E-state index contributed by atoms with van der Waals surface area (Å²) < 4.78 is 11.5. The second-order valence-electron chi connectivity index (χ2n) is 8.98. The zero-order chi connectivity index (χ0) is 23.4. The lowest BCUT2D eigenvalue weighted by molar-refractivity contribution is -0.113. The lowest BCUT2D eigenvalue weighted by Crippen LogP contribution is -2.33. The molecular formula is C29H34O4. The van der Waals surface area contributed by atoms with Crippen LogP contribution in [0.4, 0.5) is 0 Å². The molecule has 1 aliphatic heterocycles. The van der Waals surface area contributed by atoms with Crippen LogP contribution in [0.15, 0.2) is 60.7 Å². The summed E-state index contributed by atoms with van der Waals surface area (Å²) in [7, 11) is 1.67. The molecule has 4 nitrogen and oxygen atoms in total. The van der Waals surface area contributed by atoms with Gasteiger partial charge in [0.1, 0.15) is 5.75 Å². The van der Waals surface area contributed by atoms with Crippen LogP contribution in [-0.2, 0) is 17.6 Å². The van der Waals surface area contributed by atoms with Crippen molar-refractivity contribution in [1.82, 2.24) is 0 Å². The summed E-state index contributed by atoms with van der Waals surface area (Å²) >= 11 is 0. The van der Waals surface area contributed by atoms with Crippen LogP contribution in [0, 0.1) is 6.92 Å². The van der Waals surface area contributed by atoms with Crippen molar-refractivity contribution in [3.8, 4) is 16.9 Å². The van der Waals surface area contributed by atoms with Crippen molar-refractivity contribution in [3.63, 3.8) is 0 Å². The summed E-state index contributed by atoms with van der Waals surface area (Å²) in [6.07, 6.45) is 1.80. The molecule has 4 heteroatoms. The van der Waals surface area contributed by atoms with Crippen molar-refractivity contribution in [3.05, 3.63) is 88.5 Å². The Labute approximate surface area is 196 Å². The predicted molar refractivity (Wildman–Crippen MR) is 132 cm³/mol. The van der Waals surface area contributed by atoms with Crippen LogP contribution in [0.3, 0.4) is 0 Å². The minimum atomic E-state index is -0.475. The number of rotatable bonds is 7. The molecule has 0 bridgehead atoms. The van der Waals surface area contributed by atoms with Crippen LogP contribution < -0.4 is 4.74 Å². The van der Waals surface area contributed by atoms with E-state index in [-0.39, 0.29) is 18.8 Å². The van der Waals surface area contributed by atoms with Gasteiger partial charge in [-0.25, -0.2) is 0 Å². The number of benzene rings is 3. The first kappa shape index (κ1) is 23.5. The molecule has 1 fully saturated rings. The van der Waals surface area contributed by atoms with E-state index in [1.807, 2.05) is 12.1 Å². The van der Waals surface area contributed by atoms with Gasteiger partial charge in [0, 0.05) is 12.8 Å². The summed E-state index contributed by atoms with van der Waals surface area (Å²) in [5.74, 6) is 0.827. The molecule has 174 valence electrons. The van der Waals surface area contributed by atoms with E-state index in [9.17, 15) is 10.2 Å². The van der Waals surface area contributed by atoms with Crippen molar-refractivity contribution in [2.45, 2.75) is 57.8 Å². The van der Waals surface area contributed by atoms with E-state index in [1.165, 1.54) is 22.3 Å². The summed E-state index contributed by atoms with van der Waals surface area (Å²) in [5, 5.41) is 20.0. The molecule has 0 spiro atoms. The quantitative estimate of drug-likeness (QED) is 0.510. The first-order chi connectivity index (χ1) is 16.0. The Kier molecular flexibility index (Phi) is 7.49. The number of hydrogen-bond acceptors (Lipinski definition) is 4. The second kappa shape index (κ2) is 10.5. The van der Waals surface area contributed by atoms with E-state index >= 15 is 0 Å². The van der Waals surface area contributed by atoms with Gasteiger partial charge in [-0.3, -0.25) is 0 Å². The Morgan fingerprint density at radius 1 is 0.970 bits per heavy atom. The highest BCUT2D eigenvalue weighted by Crippen LogP contribution is 2.37. The zero-order valence-electron chi connectivity index (χ0n) is 19.8. The SMILES string of the molecule is CCc1ccc(Cc2cc(C3CC(O)CC(CO)O3)cc(-c3ccc(OC)cc3)c2C)cc1. The Balaban J connectivity index is 1.75. The monoisotopic (exact) mass is 446 g/mol. The van der Waals surface area contributed by atoms with Gasteiger partial charge in [0.05, 0.1) is 32.0 Å². The average Bonchev–Trinajstić information content (AvgIpc) is 2.85. The van der Waals surface area contributed by atoms with E-state index in [1.54, 1.807) is 7.11 Å². The van der Waals surface area contributed by atoms with Gasteiger partial charge in [-0.1, -0.05) is 49.4 Å². The summed E-state index contributed by atoms with van der Waals surface area (Å²) in [4.78, 5) is 0. The number of aliphatic hydroxyl groups is 2. The molecule has 3 atom stereocenters. The highest BCUT2D eigenvalue weighted by atomic mass is 16.5. The molecule has 33 heavy (non-hydrogen) atoms. The van der Waals surface area contributed by atoms with Crippen LogP contribution in [0.2, 0.25) is 0 Å². The summed E-state index contributed by atoms with van der Waals surface area (Å²) in [6, 6.07) is 21.3. The van der Waals surface area contributed by atoms with Gasteiger partial charge in [-0.2, -0.15) is 0 Å². The Morgan fingerprint density at radius 3 is 2.30 bits per heavy atom. The third-order valence-corrected chi connectivity index (χ3v) is 6.72. The third kappa shape index (κ3) is 5.47. The van der Waals surface area contributed by atoms with Crippen molar-refractivity contribution in [2.24, 2.45) is 0 Å². The van der Waals surface area contributed by atoms with Gasteiger partial charge in [0.25, 0.3) is 0 Å². The maximum atomic E-state index is 10.4. The molecule has 3 aromatic carbocycles. The zero-order valence-corrected chi connectivity index (χ0v) is 19.8. The fourth-order valence-electron chi connectivity index (χ4n) is 4.67. The Morgan fingerprint density at radius 2 is 1.67 bits per heavy atom. The third-order valence-electron chi connectivity index (χ3n) is 6.72. The fourth-order valence-corrected chi connectivity index (χ4v) is 4.67. The predicted octanol–water partition coefficient (Wildman–Crippen LogP) is 5.40. The maximum absolute atomic E-state index is 10.4. The number of hydrogen-bond donors (Lipinski definition) is 2. The first-order valence-electron chi connectivity index (χ1n) is 11.8. The molecule has 3 aromatic rings. The second-order valence-corrected chi connectivity index (χ2v) is 8.98. The van der Waals surface area contributed by atoms with E-state index in [0.717, 1.165) is 35.3 Å². The van der Waals surface area contributed by atoms with Crippen LogP contribution in [0.5, 0.6) is 5.75 Å². The number of aliphatic hydroxyl groups excluding tert-OH is 2. The van der Waals surface area contributed by atoms with Crippen LogP contribution in [0.25, 0.3) is 11.1 Å². The standard InChI is InChI=1S/C29H34O4/c1-4-20-5-7-21(8-6-20)13-23-14-24(29-17-25(31)16-27(18-30)33-29)15-28(19(23)2)22-9-11-26(32-3)12-10-22/h5-12,14-15,25,27,29-31H,4,13,16-18H2,1-3H3. The van der Waals surface area contributed by atoms with Crippen molar-refractivity contribution >= 4 is 0 Å². The highest BCUT2D eigenvalue weighted by Gasteiger charge is 2.29. The Hall–Kier alpha value is -2.66. The van der Waals surface area contributed by atoms with E-state index < -0.39 is 6.10 Å². The van der Waals surface area contributed by atoms with Crippen molar-refractivity contribution in [2.75, 3.05) is 13.7 Å². The number of aryl methyl sites for hydroxylation is 1. The molecule has 0 radical (unpaired) electrons. The normalized spacial score (nSPS) is 20.6. The molecular weight excluding hydrogens is 412 g/mol. The molecule has 1 aliphatic rings. The molecule has 0 amide bonds. The van der Waals surface area contributed by atoms with Gasteiger partial charge in [0.15, 0.2) is 0 Å². The summed E-state index contributed by atoms with van der Waals surface area (Å²) in [6.45, 7) is 4.26. The molecule has 0 aliphatic carbocycles. The van der Waals surface area contributed by atoms with Gasteiger partial charge >= 0.3 is 0 Å². The molecule has 1 saturated heterocycles. The van der Waals surface area contributed by atoms with Gasteiger partial charge in [0.2, 0.25) is 0 Å². The first-order valence-corrected chi connectivity index (χ1v) is 11.8. The summed E-state index contributed by atoms with van der Waals surface area (Å²) in [5.41, 5.74) is 8.40. The van der Waals surface area contributed by atoms with Crippen molar-refractivity contribution in [1.29, 1.82) is 0 Å². The number of methoxy groups -OCH3 is 1. The molecule has 3 unspecified atom stereocenters. The van der Waals surface area contributed by atoms with Gasteiger partial charge < -0.3 is 19.7 Å². The highest BCUT2D eigenvalue weighted by molar-refractivity contribution is 5.70. The number of ether oxygens (including phenoxy) is 2. The lowest BCUT2D eigenvalue weighted by Gasteiger charge is -2.33. The molecule has 1 heterocycles. The topological polar surface area (TPSA) is 58.9 Å². The van der Waals surface area contributed by atoms with E-state index in [0.29, 0.717) is 12.8 Å². The molecule has 0 aromatic heterocycles. The fraction of sp³-hybridized carbons (Fsp3) is 0.379. The van der Waals surface area contributed by atoms with Crippen LogP contribution in [0.1, 0.15) is 53.7 Å². The van der Waals surface area contributed by atoms with Crippen LogP contribution in [-0.4, -0.2) is 36.1 Å². The minimum absolute atomic E-state index is 0.0820.